The van der Waals surface area contributed by atoms with Crippen LogP contribution in [-0.2, 0) is 19.7 Å². The Kier molecular flexibility index (Phi) is 4.97. The molecule has 5 nitrogen and oxygen atoms in total. The lowest BCUT2D eigenvalue weighted by molar-refractivity contribution is 0.449. The van der Waals surface area contributed by atoms with Gasteiger partial charge in [-0.15, -0.1) is 0 Å². The molecule has 0 saturated carbocycles. The predicted octanol–water partition coefficient (Wildman–Crippen LogP) is -0.0367. The second kappa shape index (κ2) is 5.67. The van der Waals surface area contributed by atoms with Gasteiger partial charge in [0.1, 0.15) is 9.84 Å². The Morgan fingerprint density at radius 1 is 1.41 bits per heavy atom. The lowest BCUT2D eigenvalue weighted by Gasteiger charge is -2.14. The number of nitrogens with two attached hydrogens (primary N) is 1. The van der Waals surface area contributed by atoms with E-state index in [1.165, 1.54) is 6.26 Å². The van der Waals surface area contributed by atoms with Crippen molar-refractivity contribution in [3.63, 3.8) is 0 Å². The Bertz CT molecular complexity index is 441. The van der Waals surface area contributed by atoms with Crippen LogP contribution in [0, 0.1) is 5.92 Å². The highest BCUT2D eigenvalue weighted by Crippen LogP contribution is 2.23. The Balaban J connectivity index is 2.24. The van der Waals surface area contributed by atoms with Crippen LogP contribution >= 0.6 is 0 Å². The number of hydrogen-bond acceptors (Lipinski definition) is 5. The van der Waals surface area contributed by atoms with Crippen molar-refractivity contribution in [2.45, 2.75) is 31.7 Å². The molecule has 7 heteroatoms. The summed E-state index contributed by atoms with van der Waals surface area (Å²) in [6.45, 7) is 0. The van der Waals surface area contributed by atoms with Crippen LogP contribution in [-0.4, -0.2) is 46.4 Å². The molecule has 17 heavy (non-hydrogen) atoms. The summed E-state index contributed by atoms with van der Waals surface area (Å²) in [5.74, 6) is 0.831. The molecule has 0 aromatic heterocycles. The van der Waals surface area contributed by atoms with Crippen LogP contribution in [0.1, 0.15) is 25.7 Å². The third kappa shape index (κ3) is 6.38. The Hall–Kier alpha value is -0.140. The van der Waals surface area contributed by atoms with Gasteiger partial charge in [-0.2, -0.15) is 0 Å². The van der Waals surface area contributed by atoms with E-state index in [0.717, 1.165) is 0 Å². The van der Waals surface area contributed by atoms with Crippen molar-refractivity contribution in [3.8, 4) is 0 Å². The molecule has 1 heterocycles. The summed E-state index contributed by atoms with van der Waals surface area (Å²) in [6, 6.07) is -0.0879. The summed E-state index contributed by atoms with van der Waals surface area (Å²) in [5.41, 5.74) is 5.88. The second-order valence-corrected chi connectivity index (χ2v) is 9.53. The highest BCUT2D eigenvalue weighted by molar-refractivity contribution is 7.91. The number of rotatable bonds is 6. The third-order valence-electron chi connectivity index (χ3n) is 3.05. The van der Waals surface area contributed by atoms with Gasteiger partial charge in [-0.05, 0) is 31.6 Å². The molecule has 0 aliphatic carbocycles. The molecule has 0 bridgehead atoms. The topological polar surface area (TPSA) is 94.3 Å². The van der Waals surface area contributed by atoms with Crippen LogP contribution in [0.4, 0.5) is 0 Å². The van der Waals surface area contributed by atoms with Crippen LogP contribution in [0.2, 0.25) is 0 Å². The van der Waals surface area contributed by atoms with Crippen molar-refractivity contribution in [2.75, 3.05) is 23.5 Å². The summed E-state index contributed by atoms with van der Waals surface area (Å²) < 4.78 is 44.3. The average molecular weight is 283 g/mol. The first-order chi connectivity index (χ1) is 7.68. The molecule has 0 amide bonds. The molecule has 1 fully saturated rings. The van der Waals surface area contributed by atoms with E-state index >= 15 is 0 Å². The molecule has 2 atom stereocenters. The maximum Gasteiger partial charge on any atom is 0.150 e. The minimum Gasteiger partial charge on any atom is -0.328 e. The van der Waals surface area contributed by atoms with Gasteiger partial charge in [0.15, 0.2) is 9.84 Å². The van der Waals surface area contributed by atoms with Gasteiger partial charge in [0.25, 0.3) is 0 Å². The standard InChI is InChI=1S/C10H21NO4S2/c1-16(12,13)5-2-3-10(11)7-9-4-6-17(14,15)8-9/h9-10H,2-8,11H2,1H3. The van der Waals surface area contributed by atoms with Gasteiger partial charge >= 0.3 is 0 Å². The van der Waals surface area contributed by atoms with Crippen molar-refractivity contribution in [3.05, 3.63) is 0 Å². The van der Waals surface area contributed by atoms with Gasteiger partial charge in [0.2, 0.25) is 0 Å². The second-order valence-electron chi connectivity index (χ2n) is 5.04. The minimum atomic E-state index is -2.92. The fraction of sp³-hybridized carbons (Fsp3) is 1.00. The van der Waals surface area contributed by atoms with Crippen molar-refractivity contribution < 1.29 is 16.8 Å². The van der Waals surface area contributed by atoms with Gasteiger partial charge in [-0.1, -0.05) is 0 Å². The summed E-state index contributed by atoms with van der Waals surface area (Å²) in [6.07, 6.45) is 3.79. The largest absolute Gasteiger partial charge is 0.328 e. The van der Waals surface area contributed by atoms with Gasteiger partial charge in [-0.25, -0.2) is 16.8 Å². The molecule has 1 aliphatic rings. The highest BCUT2D eigenvalue weighted by atomic mass is 32.2. The molecule has 0 spiro atoms. The molecule has 102 valence electrons. The van der Waals surface area contributed by atoms with Gasteiger partial charge in [-0.3, -0.25) is 0 Å². The van der Waals surface area contributed by atoms with Crippen LogP contribution in [0.25, 0.3) is 0 Å². The molecule has 1 rings (SSSR count). The summed E-state index contributed by atoms with van der Waals surface area (Å²) in [5, 5.41) is 0. The smallest absolute Gasteiger partial charge is 0.150 e. The molecular weight excluding hydrogens is 262 g/mol. The number of hydrogen-bond donors (Lipinski definition) is 1. The summed E-state index contributed by atoms with van der Waals surface area (Å²) in [4.78, 5) is 0. The van der Waals surface area contributed by atoms with Crippen LogP contribution in [0.3, 0.4) is 0 Å². The van der Waals surface area contributed by atoms with Gasteiger partial charge in [0.05, 0.1) is 11.5 Å². The van der Waals surface area contributed by atoms with Crippen molar-refractivity contribution in [2.24, 2.45) is 11.7 Å². The van der Waals surface area contributed by atoms with E-state index in [9.17, 15) is 16.8 Å². The zero-order chi connectivity index (χ0) is 13.1. The van der Waals surface area contributed by atoms with E-state index in [0.29, 0.717) is 25.7 Å². The quantitative estimate of drug-likeness (QED) is 0.738. The average Bonchev–Trinajstić information content (AvgIpc) is 2.42. The van der Waals surface area contributed by atoms with E-state index in [2.05, 4.69) is 0 Å². The Morgan fingerprint density at radius 2 is 2.06 bits per heavy atom. The maximum absolute atomic E-state index is 11.2. The van der Waals surface area contributed by atoms with Crippen LogP contribution in [0.15, 0.2) is 0 Å². The Labute approximate surface area is 104 Å². The third-order valence-corrected chi connectivity index (χ3v) is 5.92. The van der Waals surface area contributed by atoms with Crippen molar-refractivity contribution >= 4 is 19.7 Å². The van der Waals surface area contributed by atoms with E-state index in [1.54, 1.807) is 0 Å². The lowest BCUT2D eigenvalue weighted by atomic mass is 9.97. The molecule has 0 aromatic carbocycles. The summed E-state index contributed by atoms with van der Waals surface area (Å²) >= 11 is 0. The fourth-order valence-corrected chi connectivity index (χ4v) is 4.78. The SMILES string of the molecule is CS(=O)(=O)CCCC(N)CC1CCS(=O)(=O)C1. The van der Waals surface area contributed by atoms with E-state index in [1.807, 2.05) is 0 Å². The van der Waals surface area contributed by atoms with E-state index < -0.39 is 19.7 Å². The van der Waals surface area contributed by atoms with Gasteiger partial charge < -0.3 is 5.73 Å². The normalized spacial score (nSPS) is 25.9. The van der Waals surface area contributed by atoms with E-state index in [-0.39, 0.29) is 29.2 Å². The molecule has 1 saturated heterocycles. The molecule has 2 unspecified atom stereocenters. The molecular formula is C10H21NO4S2. The van der Waals surface area contributed by atoms with E-state index in [4.69, 9.17) is 5.73 Å². The first kappa shape index (κ1) is 14.9. The van der Waals surface area contributed by atoms with Crippen molar-refractivity contribution in [1.82, 2.24) is 0 Å². The zero-order valence-electron chi connectivity index (χ0n) is 10.1. The lowest BCUT2D eigenvalue weighted by Crippen LogP contribution is -2.25. The van der Waals surface area contributed by atoms with Crippen LogP contribution < -0.4 is 5.73 Å². The molecule has 2 N–H and O–H groups in total. The monoisotopic (exact) mass is 283 g/mol. The van der Waals surface area contributed by atoms with Gasteiger partial charge in [0, 0.05) is 18.1 Å². The fourth-order valence-electron chi connectivity index (χ4n) is 2.21. The molecule has 0 radical (unpaired) electrons. The first-order valence-corrected chi connectivity index (χ1v) is 9.70. The highest BCUT2D eigenvalue weighted by Gasteiger charge is 2.28. The summed E-state index contributed by atoms with van der Waals surface area (Å²) in [7, 11) is -5.75. The zero-order valence-corrected chi connectivity index (χ0v) is 11.8. The molecule has 1 aliphatic heterocycles. The number of sulfone groups is 2. The molecule has 0 aromatic rings. The maximum atomic E-state index is 11.2. The predicted molar refractivity (Wildman–Crippen MR) is 68.3 cm³/mol. The minimum absolute atomic E-state index is 0.0879. The Morgan fingerprint density at radius 3 is 2.53 bits per heavy atom. The van der Waals surface area contributed by atoms with Crippen LogP contribution in [0.5, 0.6) is 0 Å². The first-order valence-electron chi connectivity index (χ1n) is 5.82. The van der Waals surface area contributed by atoms with Crippen molar-refractivity contribution in [1.29, 1.82) is 0 Å².